The fourth-order valence-electron chi connectivity index (χ4n) is 2.56. The van der Waals surface area contributed by atoms with Crippen LogP contribution in [0.15, 0.2) is 42.5 Å². The Morgan fingerprint density at radius 2 is 1.86 bits per heavy atom. The number of hydrogen-bond acceptors (Lipinski definition) is 2. The highest BCUT2D eigenvalue weighted by Gasteiger charge is 2.28. The number of phenols is 1. The smallest absolute Gasteiger partial charge is 0.119 e. The maximum atomic E-state index is 10.2. The molecule has 0 aliphatic heterocycles. The van der Waals surface area contributed by atoms with Crippen LogP contribution in [0.1, 0.15) is 37.0 Å². The molecule has 0 saturated heterocycles. The molecular formula is C18H23O2P. The lowest BCUT2D eigenvalue weighted by atomic mass is 9.96. The molecule has 2 aromatic carbocycles. The van der Waals surface area contributed by atoms with Crippen molar-refractivity contribution < 1.29 is 10.2 Å². The number of aromatic hydroxyl groups is 1. The van der Waals surface area contributed by atoms with Gasteiger partial charge in [-0.1, -0.05) is 64.4 Å². The number of aliphatic hydroxyl groups excluding tert-OH is 1. The van der Waals surface area contributed by atoms with E-state index < -0.39 is 0 Å². The molecule has 3 heteroatoms. The van der Waals surface area contributed by atoms with Crippen LogP contribution >= 0.6 is 8.58 Å². The average molecular weight is 302 g/mol. The van der Waals surface area contributed by atoms with Gasteiger partial charge in [-0.3, -0.25) is 0 Å². The number of benzene rings is 2. The summed E-state index contributed by atoms with van der Waals surface area (Å²) in [5, 5.41) is 20.8. The molecule has 2 aromatic rings. The molecular weight excluding hydrogens is 279 g/mol. The molecule has 2 unspecified atom stereocenters. The van der Waals surface area contributed by atoms with Gasteiger partial charge in [0.1, 0.15) is 5.75 Å². The first-order valence-corrected chi connectivity index (χ1v) is 8.27. The third-order valence-corrected chi connectivity index (χ3v) is 5.98. The van der Waals surface area contributed by atoms with Crippen LogP contribution in [0.5, 0.6) is 5.75 Å². The maximum absolute atomic E-state index is 10.2. The van der Waals surface area contributed by atoms with Gasteiger partial charge in [0.05, 0.1) is 6.61 Å². The number of aryl methyl sites for hydroxylation is 1. The Morgan fingerprint density at radius 1 is 1.14 bits per heavy atom. The number of phenolic OH excluding ortho intramolecular Hbond substituents is 1. The topological polar surface area (TPSA) is 40.5 Å². The van der Waals surface area contributed by atoms with Crippen LogP contribution in [-0.2, 0) is 11.8 Å². The Balaban J connectivity index is 2.41. The van der Waals surface area contributed by atoms with E-state index in [-0.39, 0.29) is 11.8 Å². The molecule has 0 bridgehead atoms. The van der Waals surface area contributed by atoms with Gasteiger partial charge in [-0.2, -0.15) is 0 Å². The van der Waals surface area contributed by atoms with E-state index in [1.807, 2.05) is 31.2 Å². The van der Waals surface area contributed by atoms with Crippen LogP contribution in [0.2, 0.25) is 0 Å². The minimum absolute atomic E-state index is 0.0601. The number of rotatable bonds is 5. The highest BCUT2D eigenvalue weighted by Crippen LogP contribution is 2.47. The Labute approximate surface area is 128 Å². The molecule has 21 heavy (non-hydrogen) atoms. The minimum atomic E-state index is -0.121. The maximum Gasteiger partial charge on any atom is 0.119 e. The molecule has 112 valence electrons. The summed E-state index contributed by atoms with van der Waals surface area (Å²) in [6.45, 7) is 6.42. The van der Waals surface area contributed by atoms with Crippen LogP contribution in [0.25, 0.3) is 0 Å². The lowest BCUT2D eigenvalue weighted by Gasteiger charge is -2.30. The summed E-state index contributed by atoms with van der Waals surface area (Å²) in [7, 11) is 0.504. The van der Waals surface area contributed by atoms with Crippen molar-refractivity contribution in [1.82, 2.24) is 0 Å². The predicted molar refractivity (Wildman–Crippen MR) is 90.8 cm³/mol. The molecule has 0 aromatic heterocycles. The van der Waals surface area contributed by atoms with E-state index in [1.54, 1.807) is 6.07 Å². The van der Waals surface area contributed by atoms with E-state index in [0.717, 1.165) is 23.1 Å². The summed E-state index contributed by atoms with van der Waals surface area (Å²) in [6, 6.07) is 13.8. The summed E-state index contributed by atoms with van der Waals surface area (Å²) >= 11 is 0. The van der Waals surface area contributed by atoms with Crippen LogP contribution in [0, 0.1) is 6.92 Å². The summed E-state index contributed by atoms with van der Waals surface area (Å²) in [5.41, 5.74) is 3.13. The normalized spacial score (nSPS) is 14.5. The standard InChI is InChI=1S/C18H23O2P/c1-4-18(3,15-7-5-6-8-16(15)20)21-17-10-9-13(2)11-14(17)12-19/h5-11,19-21H,4,12H2,1-3H3. The molecule has 0 aliphatic rings. The Bertz CT molecular complexity index is 624. The van der Waals surface area contributed by atoms with E-state index in [1.165, 1.54) is 5.30 Å². The number of para-hydroxylation sites is 1. The van der Waals surface area contributed by atoms with Crippen molar-refractivity contribution in [2.24, 2.45) is 0 Å². The van der Waals surface area contributed by atoms with Gasteiger partial charge >= 0.3 is 0 Å². The SMILES string of the molecule is CCC(C)(Pc1ccc(C)cc1CO)c1ccccc1O. The zero-order valence-electron chi connectivity index (χ0n) is 12.9. The summed E-state index contributed by atoms with van der Waals surface area (Å²) in [4.78, 5) is 0. The molecule has 0 saturated carbocycles. The predicted octanol–water partition coefficient (Wildman–Crippen LogP) is 3.82. The van der Waals surface area contributed by atoms with Crippen molar-refractivity contribution in [3.8, 4) is 5.75 Å². The van der Waals surface area contributed by atoms with Crippen LogP contribution in [0.4, 0.5) is 0 Å². The van der Waals surface area contributed by atoms with Crippen molar-refractivity contribution in [1.29, 1.82) is 0 Å². The third kappa shape index (κ3) is 3.45. The lowest BCUT2D eigenvalue weighted by molar-refractivity contribution is 0.283. The zero-order chi connectivity index (χ0) is 15.5. The molecule has 0 spiro atoms. The van der Waals surface area contributed by atoms with Crippen molar-refractivity contribution >= 4 is 13.9 Å². The van der Waals surface area contributed by atoms with Crippen molar-refractivity contribution in [3.05, 3.63) is 59.2 Å². The Kier molecular flexibility index (Phi) is 5.03. The number of hydrogen-bond donors (Lipinski definition) is 2. The average Bonchev–Trinajstić information content (AvgIpc) is 2.49. The molecule has 0 fully saturated rings. The van der Waals surface area contributed by atoms with Crippen LogP contribution in [0.3, 0.4) is 0 Å². The lowest BCUT2D eigenvalue weighted by Crippen LogP contribution is -2.20. The highest BCUT2D eigenvalue weighted by atomic mass is 31.1. The molecule has 0 aliphatic carbocycles. The largest absolute Gasteiger partial charge is 0.508 e. The Hall–Kier alpha value is -1.37. The van der Waals surface area contributed by atoms with E-state index in [2.05, 4.69) is 26.0 Å². The van der Waals surface area contributed by atoms with Gasteiger partial charge in [-0.15, -0.1) is 0 Å². The van der Waals surface area contributed by atoms with Gasteiger partial charge in [0.2, 0.25) is 0 Å². The molecule has 0 amide bonds. The fraction of sp³-hybridized carbons (Fsp3) is 0.333. The highest BCUT2D eigenvalue weighted by molar-refractivity contribution is 7.48. The van der Waals surface area contributed by atoms with E-state index in [9.17, 15) is 10.2 Å². The first-order valence-electron chi connectivity index (χ1n) is 7.27. The van der Waals surface area contributed by atoms with Gasteiger partial charge in [-0.05, 0) is 30.3 Å². The quantitative estimate of drug-likeness (QED) is 0.824. The van der Waals surface area contributed by atoms with E-state index >= 15 is 0 Å². The third-order valence-electron chi connectivity index (χ3n) is 4.05. The molecule has 2 nitrogen and oxygen atoms in total. The minimum Gasteiger partial charge on any atom is -0.508 e. The summed E-state index contributed by atoms with van der Waals surface area (Å²) in [6.07, 6.45) is 0.932. The molecule has 0 heterocycles. The first-order chi connectivity index (χ1) is 10.00. The Morgan fingerprint density at radius 3 is 2.48 bits per heavy atom. The van der Waals surface area contributed by atoms with Crippen LogP contribution in [-0.4, -0.2) is 10.2 Å². The summed E-state index contributed by atoms with van der Waals surface area (Å²) in [5.74, 6) is 0.354. The molecule has 0 radical (unpaired) electrons. The van der Waals surface area contributed by atoms with Crippen molar-refractivity contribution in [2.75, 3.05) is 0 Å². The fourth-order valence-corrected chi connectivity index (χ4v) is 4.15. The van der Waals surface area contributed by atoms with Crippen LogP contribution < -0.4 is 5.30 Å². The van der Waals surface area contributed by atoms with Gasteiger partial charge in [0.25, 0.3) is 0 Å². The van der Waals surface area contributed by atoms with Crippen molar-refractivity contribution in [2.45, 2.75) is 39.0 Å². The summed E-state index contributed by atoms with van der Waals surface area (Å²) < 4.78 is 0. The monoisotopic (exact) mass is 302 g/mol. The second-order valence-corrected chi connectivity index (χ2v) is 7.54. The number of aliphatic hydroxyl groups is 1. The second kappa shape index (κ2) is 6.60. The van der Waals surface area contributed by atoms with Gasteiger partial charge in [0.15, 0.2) is 0 Å². The van der Waals surface area contributed by atoms with Gasteiger partial charge in [0, 0.05) is 10.7 Å². The molecule has 2 rings (SSSR count). The molecule has 2 atom stereocenters. The van der Waals surface area contributed by atoms with Gasteiger partial charge in [-0.25, -0.2) is 0 Å². The van der Waals surface area contributed by atoms with Gasteiger partial charge < -0.3 is 10.2 Å². The second-order valence-electron chi connectivity index (χ2n) is 5.65. The van der Waals surface area contributed by atoms with Crippen molar-refractivity contribution in [3.63, 3.8) is 0 Å². The van der Waals surface area contributed by atoms with E-state index in [0.29, 0.717) is 14.3 Å². The molecule has 2 N–H and O–H groups in total. The first kappa shape index (κ1) is 16.0. The zero-order valence-corrected chi connectivity index (χ0v) is 13.9. The van der Waals surface area contributed by atoms with E-state index in [4.69, 9.17) is 0 Å².